The number of hydrogen-bond donors (Lipinski definition) is 1. The lowest BCUT2D eigenvalue weighted by molar-refractivity contribution is 0.104. The molecule has 102 valence electrons. The third-order valence-electron chi connectivity index (χ3n) is 3.90. The topological polar surface area (TPSA) is 78.0 Å². The zero-order valence-corrected chi connectivity index (χ0v) is 11.3. The van der Waals surface area contributed by atoms with Crippen LogP contribution in [0.15, 0.2) is 41.2 Å². The second-order valence-electron chi connectivity index (χ2n) is 5.10. The van der Waals surface area contributed by atoms with E-state index in [2.05, 4.69) is 5.10 Å². The lowest BCUT2D eigenvalue weighted by Crippen LogP contribution is -2.24. The maximum absolute atomic E-state index is 12.7. The number of ketones is 1. The Hall–Kier alpha value is -2.95. The molecule has 4 rings (SSSR count). The summed E-state index contributed by atoms with van der Waals surface area (Å²) in [4.78, 5) is 24.9. The summed E-state index contributed by atoms with van der Waals surface area (Å²) < 4.78 is 1.30. The highest BCUT2D eigenvalue weighted by molar-refractivity contribution is 6.26. The van der Waals surface area contributed by atoms with Gasteiger partial charge in [0.2, 0.25) is 0 Å². The van der Waals surface area contributed by atoms with Gasteiger partial charge < -0.3 is 5.73 Å². The van der Waals surface area contributed by atoms with Crippen LogP contribution in [-0.2, 0) is 7.05 Å². The molecule has 1 aliphatic carbocycles. The zero-order chi connectivity index (χ0) is 14.7. The number of nitrogens with two attached hydrogens (primary N) is 1. The molecule has 1 aromatic heterocycles. The smallest absolute Gasteiger partial charge is 0.274 e. The molecule has 0 saturated carbocycles. The van der Waals surface area contributed by atoms with Crippen LogP contribution in [0.4, 0.5) is 5.69 Å². The normalized spacial score (nSPS) is 12.5. The van der Waals surface area contributed by atoms with Crippen molar-refractivity contribution in [2.45, 2.75) is 0 Å². The van der Waals surface area contributed by atoms with Crippen molar-refractivity contribution >= 4 is 22.2 Å². The quantitative estimate of drug-likeness (QED) is 0.496. The second-order valence-corrected chi connectivity index (χ2v) is 5.10. The van der Waals surface area contributed by atoms with Gasteiger partial charge in [0.25, 0.3) is 5.56 Å². The van der Waals surface area contributed by atoms with Crippen molar-refractivity contribution < 1.29 is 4.79 Å². The van der Waals surface area contributed by atoms with Crippen LogP contribution in [0, 0.1) is 0 Å². The van der Waals surface area contributed by atoms with Gasteiger partial charge >= 0.3 is 0 Å². The molecule has 5 nitrogen and oxygen atoms in total. The largest absolute Gasteiger partial charge is 0.398 e. The van der Waals surface area contributed by atoms with E-state index in [1.165, 1.54) is 4.68 Å². The van der Waals surface area contributed by atoms with Gasteiger partial charge in [0, 0.05) is 29.2 Å². The van der Waals surface area contributed by atoms with E-state index in [1.807, 2.05) is 6.07 Å². The lowest BCUT2D eigenvalue weighted by atomic mass is 9.85. The summed E-state index contributed by atoms with van der Waals surface area (Å²) >= 11 is 0. The Morgan fingerprint density at radius 2 is 1.76 bits per heavy atom. The van der Waals surface area contributed by atoms with E-state index in [9.17, 15) is 9.59 Å². The number of aromatic nitrogens is 2. The van der Waals surface area contributed by atoms with E-state index in [-0.39, 0.29) is 11.3 Å². The van der Waals surface area contributed by atoms with Gasteiger partial charge in [0.15, 0.2) is 5.78 Å². The molecule has 0 spiro atoms. The van der Waals surface area contributed by atoms with Gasteiger partial charge in [-0.1, -0.05) is 24.3 Å². The maximum atomic E-state index is 12.7. The number of anilines is 1. The Morgan fingerprint density at radius 3 is 2.57 bits per heavy atom. The third-order valence-corrected chi connectivity index (χ3v) is 3.90. The third kappa shape index (κ3) is 1.37. The van der Waals surface area contributed by atoms with Crippen molar-refractivity contribution in [3.05, 3.63) is 57.9 Å². The maximum Gasteiger partial charge on any atom is 0.274 e. The summed E-state index contributed by atoms with van der Waals surface area (Å²) in [5.41, 5.74) is 8.44. The van der Waals surface area contributed by atoms with E-state index >= 15 is 0 Å². The number of nitrogens with zero attached hydrogens (tertiary/aromatic N) is 2. The molecule has 1 heterocycles. The molecule has 0 radical (unpaired) electrons. The van der Waals surface area contributed by atoms with Crippen LogP contribution in [0.1, 0.15) is 15.9 Å². The number of rotatable bonds is 0. The molecule has 0 atom stereocenters. The summed E-state index contributed by atoms with van der Waals surface area (Å²) in [6.45, 7) is 0. The molecule has 0 aliphatic heterocycles. The lowest BCUT2D eigenvalue weighted by Gasteiger charge is -2.20. The molecule has 2 N–H and O–H groups in total. The monoisotopic (exact) mass is 277 g/mol. The number of hydrogen-bond acceptors (Lipinski definition) is 4. The van der Waals surface area contributed by atoms with Gasteiger partial charge in [-0.15, -0.1) is 0 Å². The summed E-state index contributed by atoms with van der Waals surface area (Å²) in [6, 6.07) is 10.4. The fraction of sp³-hybridized carbons (Fsp3) is 0.0625. The zero-order valence-electron chi connectivity index (χ0n) is 11.3. The van der Waals surface area contributed by atoms with E-state index in [0.29, 0.717) is 38.8 Å². The average molecular weight is 277 g/mol. The van der Waals surface area contributed by atoms with Gasteiger partial charge in [-0.05, 0) is 12.1 Å². The molecule has 1 aliphatic rings. The Kier molecular flexibility index (Phi) is 2.14. The van der Waals surface area contributed by atoms with Gasteiger partial charge in [0.05, 0.1) is 10.9 Å². The Bertz CT molecular complexity index is 1000. The van der Waals surface area contributed by atoms with E-state index < -0.39 is 0 Å². The second kappa shape index (κ2) is 3.79. The number of carbonyl (C=O) groups excluding carboxylic acids is 1. The summed E-state index contributed by atoms with van der Waals surface area (Å²) in [5, 5.41) is 5.46. The van der Waals surface area contributed by atoms with Crippen molar-refractivity contribution in [2.24, 2.45) is 7.05 Å². The molecular formula is C16H11N3O2. The first kappa shape index (κ1) is 11.8. The highest BCUT2D eigenvalue weighted by atomic mass is 16.1. The van der Waals surface area contributed by atoms with Gasteiger partial charge in [-0.25, -0.2) is 4.68 Å². The molecule has 0 amide bonds. The molecule has 3 aromatic rings. The van der Waals surface area contributed by atoms with Crippen LogP contribution in [0.5, 0.6) is 0 Å². The first-order chi connectivity index (χ1) is 10.1. The molecule has 0 unspecified atom stereocenters. The van der Waals surface area contributed by atoms with Crippen molar-refractivity contribution in [3.8, 4) is 11.3 Å². The van der Waals surface area contributed by atoms with Crippen LogP contribution < -0.4 is 11.3 Å². The minimum atomic E-state index is -0.212. The summed E-state index contributed by atoms with van der Waals surface area (Å²) in [5.74, 6) is -0.156. The highest BCUT2D eigenvalue weighted by Gasteiger charge is 2.29. The van der Waals surface area contributed by atoms with Gasteiger partial charge in [-0.2, -0.15) is 5.10 Å². The SMILES string of the molecule is Cn1nc2c3c(cccc3c1=O)C(=O)c1c(N)cccc1-2. The van der Waals surface area contributed by atoms with Crippen molar-refractivity contribution in [3.63, 3.8) is 0 Å². The van der Waals surface area contributed by atoms with Gasteiger partial charge in [0.1, 0.15) is 5.69 Å². The molecule has 21 heavy (non-hydrogen) atoms. The average Bonchev–Trinajstić information content (AvgIpc) is 2.48. The van der Waals surface area contributed by atoms with Gasteiger partial charge in [-0.3, -0.25) is 9.59 Å². The summed E-state index contributed by atoms with van der Waals surface area (Å²) in [6.07, 6.45) is 0. The highest BCUT2D eigenvalue weighted by Crippen LogP contribution is 2.38. The van der Waals surface area contributed by atoms with E-state index in [0.717, 1.165) is 0 Å². The summed E-state index contributed by atoms with van der Waals surface area (Å²) in [7, 11) is 1.60. The predicted molar refractivity (Wildman–Crippen MR) is 80.3 cm³/mol. The number of aryl methyl sites for hydroxylation is 1. The number of benzene rings is 2. The molecule has 5 heteroatoms. The van der Waals surface area contributed by atoms with E-state index in [1.54, 1.807) is 37.4 Å². The Balaban J connectivity index is 2.32. The van der Waals surface area contributed by atoms with Crippen LogP contribution in [0.25, 0.3) is 22.0 Å². The van der Waals surface area contributed by atoms with Crippen molar-refractivity contribution in [1.29, 1.82) is 0 Å². The number of carbonyl (C=O) groups is 1. The predicted octanol–water partition coefficient (Wildman–Crippen LogP) is 1.73. The van der Waals surface area contributed by atoms with Crippen LogP contribution in [-0.4, -0.2) is 15.6 Å². The minimum absolute atomic E-state index is 0.156. The molecule has 0 fully saturated rings. The molecule has 0 bridgehead atoms. The Morgan fingerprint density at radius 1 is 1.05 bits per heavy atom. The fourth-order valence-electron chi connectivity index (χ4n) is 2.94. The first-order valence-corrected chi connectivity index (χ1v) is 6.53. The van der Waals surface area contributed by atoms with E-state index in [4.69, 9.17) is 5.73 Å². The Labute approximate surface area is 119 Å². The first-order valence-electron chi connectivity index (χ1n) is 6.53. The minimum Gasteiger partial charge on any atom is -0.398 e. The fourth-order valence-corrected chi connectivity index (χ4v) is 2.94. The number of fused-ring (bicyclic) bond motifs is 2. The van der Waals surface area contributed by atoms with Crippen LogP contribution >= 0.6 is 0 Å². The number of nitrogen functional groups attached to an aromatic ring is 1. The molecular weight excluding hydrogens is 266 g/mol. The van der Waals surface area contributed by atoms with Crippen molar-refractivity contribution in [2.75, 3.05) is 5.73 Å². The molecule has 2 aromatic carbocycles. The van der Waals surface area contributed by atoms with Crippen LogP contribution in [0.2, 0.25) is 0 Å². The van der Waals surface area contributed by atoms with Crippen LogP contribution in [0.3, 0.4) is 0 Å². The standard InChI is InChI=1S/C16H11N3O2/c1-19-16(21)10-6-2-5-9-12(10)14(18-19)8-4-3-7-11(17)13(8)15(9)20/h2-7H,17H2,1H3. The molecule has 0 saturated heterocycles. The van der Waals surface area contributed by atoms with Crippen molar-refractivity contribution in [1.82, 2.24) is 9.78 Å².